The highest BCUT2D eigenvalue weighted by Crippen LogP contribution is 2.14. The van der Waals surface area contributed by atoms with Gasteiger partial charge in [0.15, 0.2) is 0 Å². The van der Waals surface area contributed by atoms with Gasteiger partial charge in [-0.15, -0.1) is 0 Å². The minimum atomic E-state index is -1.47. The van der Waals surface area contributed by atoms with E-state index < -0.39 is 35.2 Å². The van der Waals surface area contributed by atoms with Crippen molar-refractivity contribution in [2.24, 2.45) is 0 Å². The van der Waals surface area contributed by atoms with E-state index >= 15 is 0 Å². The van der Waals surface area contributed by atoms with Crippen LogP contribution in [0.1, 0.15) is 18.5 Å². The maximum absolute atomic E-state index is 12.9. The number of benzene rings is 2. The van der Waals surface area contributed by atoms with Gasteiger partial charge in [-0.1, -0.05) is 42.5 Å². The second kappa shape index (κ2) is 7.91. The Morgan fingerprint density at radius 1 is 1.07 bits per heavy atom. The minimum Gasteiger partial charge on any atom is -0.548 e. The summed E-state index contributed by atoms with van der Waals surface area (Å²) in [5, 5.41) is 13.5. The zero-order valence-corrected chi connectivity index (χ0v) is 15.0. The second-order valence-corrected chi connectivity index (χ2v) is 6.41. The topological polar surface area (TPSA) is 124 Å². The maximum Gasteiger partial charge on any atom is 0.329 e. The van der Waals surface area contributed by atoms with E-state index in [0.717, 1.165) is 4.57 Å². The number of hydrogen-bond donors (Lipinski definition) is 2. The lowest BCUT2D eigenvalue weighted by atomic mass is 10.0. The number of rotatable bonds is 6. The summed E-state index contributed by atoms with van der Waals surface area (Å²) in [6.45, 7) is 1.25. The highest BCUT2D eigenvalue weighted by Gasteiger charge is 2.26. The van der Waals surface area contributed by atoms with E-state index in [-0.39, 0.29) is 11.8 Å². The van der Waals surface area contributed by atoms with Gasteiger partial charge in [-0.05, 0) is 24.6 Å². The molecule has 0 aliphatic heterocycles. The molecule has 0 spiro atoms. The predicted molar refractivity (Wildman–Crippen MR) is 101 cm³/mol. The third-order valence-corrected chi connectivity index (χ3v) is 4.44. The number of carboxylic acid groups (broad SMARTS) is 1. The van der Waals surface area contributed by atoms with E-state index in [1.165, 1.54) is 6.92 Å². The highest BCUT2D eigenvalue weighted by atomic mass is 16.4. The molecular formula is C20H18N3O5-. The van der Waals surface area contributed by atoms with Crippen molar-refractivity contribution < 1.29 is 14.7 Å². The van der Waals surface area contributed by atoms with Crippen LogP contribution in [0, 0.1) is 0 Å². The van der Waals surface area contributed by atoms with Crippen LogP contribution in [0.4, 0.5) is 0 Å². The summed E-state index contributed by atoms with van der Waals surface area (Å²) >= 11 is 0. The molecule has 1 amide bonds. The summed E-state index contributed by atoms with van der Waals surface area (Å²) in [5.41, 5.74) is -0.309. The lowest BCUT2D eigenvalue weighted by molar-refractivity contribution is -0.307. The van der Waals surface area contributed by atoms with E-state index in [4.69, 9.17) is 0 Å². The van der Waals surface area contributed by atoms with Crippen LogP contribution in [0.3, 0.4) is 0 Å². The maximum atomic E-state index is 12.9. The number of carbonyl (C=O) groups excluding carboxylic acids is 2. The summed E-state index contributed by atoms with van der Waals surface area (Å²) in [6.07, 6.45) is 0.0355. The molecule has 2 atom stereocenters. The van der Waals surface area contributed by atoms with E-state index in [0.29, 0.717) is 11.1 Å². The molecule has 0 unspecified atom stereocenters. The molecule has 8 nitrogen and oxygen atoms in total. The number of H-pyrrole nitrogens is 1. The van der Waals surface area contributed by atoms with E-state index in [1.807, 2.05) is 0 Å². The van der Waals surface area contributed by atoms with E-state index in [1.54, 1.807) is 54.6 Å². The number of aromatic nitrogens is 2. The van der Waals surface area contributed by atoms with Crippen LogP contribution in [-0.2, 0) is 16.0 Å². The summed E-state index contributed by atoms with van der Waals surface area (Å²) in [4.78, 5) is 51.9. The number of amides is 1. The Hall–Kier alpha value is -3.68. The molecule has 28 heavy (non-hydrogen) atoms. The first-order valence-corrected chi connectivity index (χ1v) is 8.67. The van der Waals surface area contributed by atoms with Gasteiger partial charge in [0.1, 0.15) is 6.04 Å². The molecule has 8 heteroatoms. The Kier molecular flexibility index (Phi) is 5.39. The Balaban J connectivity index is 2.12. The molecule has 3 rings (SSSR count). The molecule has 3 aromatic rings. The Morgan fingerprint density at radius 2 is 1.71 bits per heavy atom. The highest BCUT2D eigenvalue weighted by molar-refractivity contribution is 5.86. The predicted octanol–water partition coefficient (Wildman–Crippen LogP) is -0.272. The standard InChI is InChI=1S/C20H19N3O5/c1-12(19(26)27)21-17(24)16(11-13-7-3-2-4-8-13)23-18(25)14-9-5-6-10-15(14)22-20(23)28/h2-10,12,16H,11H2,1H3,(H,21,24)(H,22,28)(H,26,27)/p-1/t12-,16-/m1/s1. The van der Waals surface area contributed by atoms with Gasteiger partial charge in [-0.25, -0.2) is 9.36 Å². The summed E-state index contributed by atoms with van der Waals surface area (Å²) < 4.78 is 0.826. The van der Waals surface area contributed by atoms with Crippen molar-refractivity contribution >= 4 is 22.8 Å². The molecule has 0 radical (unpaired) electrons. The number of nitrogens with zero attached hydrogens (tertiary/aromatic N) is 1. The lowest BCUT2D eigenvalue weighted by Crippen LogP contribution is -2.51. The number of fused-ring (bicyclic) bond motifs is 1. The van der Waals surface area contributed by atoms with Crippen molar-refractivity contribution in [3.63, 3.8) is 0 Å². The minimum absolute atomic E-state index is 0.0355. The first-order valence-electron chi connectivity index (χ1n) is 8.67. The van der Waals surface area contributed by atoms with Gasteiger partial charge in [-0.2, -0.15) is 0 Å². The number of aromatic amines is 1. The van der Waals surface area contributed by atoms with Crippen LogP contribution in [0.2, 0.25) is 0 Å². The Labute approximate surface area is 159 Å². The molecule has 0 saturated heterocycles. The summed E-state index contributed by atoms with van der Waals surface area (Å²) in [7, 11) is 0. The molecule has 0 fully saturated rings. The number of carbonyl (C=O) groups is 2. The van der Waals surface area contributed by atoms with Crippen molar-refractivity contribution in [2.75, 3.05) is 0 Å². The first-order chi connectivity index (χ1) is 13.4. The molecule has 2 N–H and O–H groups in total. The molecule has 1 aromatic heterocycles. The van der Waals surface area contributed by atoms with Gasteiger partial charge in [0.2, 0.25) is 5.91 Å². The van der Waals surface area contributed by atoms with Crippen molar-refractivity contribution in [2.45, 2.75) is 25.4 Å². The van der Waals surface area contributed by atoms with Crippen molar-refractivity contribution in [3.05, 3.63) is 81.0 Å². The quantitative estimate of drug-likeness (QED) is 0.609. The largest absolute Gasteiger partial charge is 0.548 e. The lowest BCUT2D eigenvalue weighted by Gasteiger charge is -2.22. The zero-order valence-electron chi connectivity index (χ0n) is 15.0. The number of carboxylic acids is 1. The second-order valence-electron chi connectivity index (χ2n) is 6.41. The average Bonchev–Trinajstić information content (AvgIpc) is 2.67. The normalized spacial score (nSPS) is 13.0. The SMILES string of the molecule is C[C@@H](NC(=O)[C@@H](Cc1ccccc1)n1c(=O)[nH]c2ccccc2c1=O)C(=O)[O-]. The third kappa shape index (κ3) is 3.85. The van der Waals surface area contributed by atoms with Crippen molar-refractivity contribution in [1.82, 2.24) is 14.9 Å². The van der Waals surface area contributed by atoms with Crippen LogP contribution < -0.4 is 21.7 Å². The van der Waals surface area contributed by atoms with Crippen molar-refractivity contribution in [3.8, 4) is 0 Å². The monoisotopic (exact) mass is 380 g/mol. The van der Waals surface area contributed by atoms with E-state index in [9.17, 15) is 24.3 Å². The van der Waals surface area contributed by atoms with Gasteiger partial charge >= 0.3 is 5.69 Å². The molecular weight excluding hydrogens is 362 g/mol. The number of para-hydroxylation sites is 1. The number of hydrogen-bond acceptors (Lipinski definition) is 5. The molecule has 0 saturated carbocycles. The van der Waals surface area contributed by atoms with E-state index in [2.05, 4.69) is 10.3 Å². The van der Waals surface area contributed by atoms with Gasteiger partial charge in [0.25, 0.3) is 5.56 Å². The average molecular weight is 380 g/mol. The van der Waals surface area contributed by atoms with Gasteiger partial charge in [-0.3, -0.25) is 9.59 Å². The van der Waals surface area contributed by atoms with Crippen LogP contribution in [-0.4, -0.2) is 27.5 Å². The smallest absolute Gasteiger partial charge is 0.329 e. The van der Waals surface area contributed by atoms with Crippen LogP contribution in [0.25, 0.3) is 10.9 Å². The van der Waals surface area contributed by atoms with Gasteiger partial charge < -0.3 is 20.2 Å². The number of aliphatic carboxylic acids is 1. The fourth-order valence-corrected chi connectivity index (χ4v) is 2.97. The fourth-order valence-electron chi connectivity index (χ4n) is 2.97. The van der Waals surface area contributed by atoms with Crippen LogP contribution in [0.15, 0.2) is 64.2 Å². The number of nitrogens with one attached hydrogen (secondary N) is 2. The Morgan fingerprint density at radius 3 is 2.39 bits per heavy atom. The molecule has 0 aliphatic carbocycles. The molecule has 0 bridgehead atoms. The Bertz CT molecular complexity index is 1130. The molecule has 0 aliphatic rings. The summed E-state index contributed by atoms with van der Waals surface area (Å²) in [6, 6.07) is 12.8. The fraction of sp³-hybridized carbons (Fsp3) is 0.200. The summed E-state index contributed by atoms with van der Waals surface area (Å²) in [5.74, 6) is -2.23. The van der Waals surface area contributed by atoms with Gasteiger partial charge in [0.05, 0.1) is 22.9 Å². The van der Waals surface area contributed by atoms with Gasteiger partial charge in [0, 0.05) is 6.42 Å². The van der Waals surface area contributed by atoms with Crippen LogP contribution >= 0.6 is 0 Å². The molecule has 1 heterocycles. The zero-order chi connectivity index (χ0) is 20.3. The van der Waals surface area contributed by atoms with Crippen molar-refractivity contribution in [1.29, 1.82) is 0 Å². The molecule has 144 valence electrons. The first kappa shape index (κ1) is 19.1. The van der Waals surface area contributed by atoms with Crippen LogP contribution in [0.5, 0.6) is 0 Å². The third-order valence-electron chi connectivity index (χ3n) is 4.44. The molecule has 2 aromatic carbocycles.